The minimum atomic E-state index is -0.483. The monoisotopic (exact) mass is 458 g/mol. The average Bonchev–Trinajstić information content (AvgIpc) is 3.04. The summed E-state index contributed by atoms with van der Waals surface area (Å²) in [6, 6.07) is 0. The molecular weight excluding hydrogens is 412 g/mol. The largest absolute Gasteiger partial charge is 0.465 e. The molecule has 0 spiro atoms. The third kappa shape index (κ3) is 3.88. The second kappa shape index (κ2) is 7.85. The molecule has 0 radical (unpaired) electrons. The van der Waals surface area contributed by atoms with Gasteiger partial charge in [0.2, 0.25) is 0 Å². The van der Waals surface area contributed by atoms with E-state index in [-0.39, 0.29) is 51.5 Å². The predicted molar refractivity (Wildman–Crippen MR) is 130 cm³/mol. The van der Waals surface area contributed by atoms with Gasteiger partial charge in [-0.1, -0.05) is 46.8 Å². The summed E-state index contributed by atoms with van der Waals surface area (Å²) in [5, 5.41) is 0. The summed E-state index contributed by atoms with van der Waals surface area (Å²) in [5.41, 5.74) is -0.306. The summed E-state index contributed by atoms with van der Waals surface area (Å²) >= 11 is 0. The standard InChI is InChI=1S/C29H46O4/c1-25(2,3)24(31)32-17-9-10-20-22(28(7)15-13-27(20,6)14-16-28)23(30)33-21-18-19-11-12-29(21,8)26(19,4)5/h13,15,19-22H,9-12,14,16-18H2,1-8H3/t19-,20+,21+,22-,27+,28-,29+/m0/s1. The Balaban J connectivity index is 1.47. The van der Waals surface area contributed by atoms with Gasteiger partial charge < -0.3 is 9.47 Å². The lowest BCUT2D eigenvalue weighted by Gasteiger charge is -2.56. The molecule has 0 aromatic heterocycles. The zero-order chi connectivity index (χ0) is 24.4. The van der Waals surface area contributed by atoms with Crippen molar-refractivity contribution in [2.75, 3.05) is 6.61 Å². The van der Waals surface area contributed by atoms with Crippen molar-refractivity contribution in [2.24, 2.45) is 44.8 Å². The van der Waals surface area contributed by atoms with Crippen LogP contribution in [-0.2, 0) is 19.1 Å². The molecule has 3 saturated carbocycles. The van der Waals surface area contributed by atoms with Gasteiger partial charge in [-0.05, 0) is 93.8 Å². The van der Waals surface area contributed by atoms with Crippen molar-refractivity contribution in [3.05, 3.63) is 12.2 Å². The molecule has 0 heterocycles. The number of allylic oxidation sites excluding steroid dienone is 2. The molecule has 0 aliphatic heterocycles. The first-order chi connectivity index (χ1) is 15.1. The molecule has 33 heavy (non-hydrogen) atoms. The highest BCUT2D eigenvalue weighted by Crippen LogP contribution is 2.67. The van der Waals surface area contributed by atoms with Crippen LogP contribution < -0.4 is 0 Å². The van der Waals surface area contributed by atoms with Gasteiger partial charge in [-0.2, -0.15) is 0 Å². The van der Waals surface area contributed by atoms with E-state index in [0.717, 1.165) is 38.5 Å². The second-order valence-corrected chi connectivity index (χ2v) is 14.0. The second-order valence-electron chi connectivity index (χ2n) is 14.0. The lowest BCUT2D eigenvalue weighted by molar-refractivity contribution is -0.175. The average molecular weight is 459 g/mol. The van der Waals surface area contributed by atoms with E-state index >= 15 is 0 Å². The van der Waals surface area contributed by atoms with Gasteiger partial charge in [0.15, 0.2) is 0 Å². The normalized spacial score (nSPS) is 43.0. The van der Waals surface area contributed by atoms with Crippen LogP contribution in [0, 0.1) is 44.8 Å². The van der Waals surface area contributed by atoms with Crippen LogP contribution in [0.15, 0.2) is 12.2 Å². The van der Waals surface area contributed by atoms with Crippen molar-refractivity contribution in [3.63, 3.8) is 0 Å². The van der Waals surface area contributed by atoms with Crippen LogP contribution in [0.5, 0.6) is 0 Å². The van der Waals surface area contributed by atoms with Crippen molar-refractivity contribution in [1.82, 2.24) is 0 Å². The Morgan fingerprint density at radius 1 is 0.970 bits per heavy atom. The number of rotatable bonds is 6. The molecule has 4 bridgehead atoms. The quantitative estimate of drug-likeness (QED) is 0.252. The zero-order valence-corrected chi connectivity index (χ0v) is 22.3. The van der Waals surface area contributed by atoms with E-state index in [1.807, 2.05) is 20.8 Å². The van der Waals surface area contributed by atoms with Crippen LogP contribution in [0.3, 0.4) is 0 Å². The van der Waals surface area contributed by atoms with Gasteiger partial charge in [0.25, 0.3) is 0 Å². The molecule has 0 unspecified atom stereocenters. The number of fused-ring (bicyclic) bond motifs is 4. The van der Waals surface area contributed by atoms with E-state index in [0.29, 0.717) is 12.5 Å². The third-order valence-electron chi connectivity index (χ3n) is 10.7. The molecule has 0 amide bonds. The van der Waals surface area contributed by atoms with Gasteiger partial charge in [-0.15, -0.1) is 0 Å². The van der Waals surface area contributed by atoms with Crippen molar-refractivity contribution in [1.29, 1.82) is 0 Å². The highest BCUT2D eigenvalue weighted by molar-refractivity contribution is 5.76. The van der Waals surface area contributed by atoms with Crippen molar-refractivity contribution in [2.45, 2.75) is 106 Å². The zero-order valence-electron chi connectivity index (χ0n) is 22.3. The third-order valence-corrected chi connectivity index (χ3v) is 10.7. The molecule has 0 saturated heterocycles. The number of esters is 2. The number of hydrogen-bond acceptors (Lipinski definition) is 4. The fraction of sp³-hybridized carbons (Fsp3) is 0.862. The van der Waals surface area contributed by atoms with Crippen LogP contribution in [0.2, 0.25) is 0 Å². The maximum atomic E-state index is 13.9. The van der Waals surface area contributed by atoms with Crippen molar-refractivity contribution >= 4 is 11.9 Å². The Morgan fingerprint density at radius 2 is 1.61 bits per heavy atom. The van der Waals surface area contributed by atoms with Crippen LogP contribution in [0.1, 0.15) is 100 Å². The fourth-order valence-corrected chi connectivity index (χ4v) is 7.63. The van der Waals surface area contributed by atoms with Crippen LogP contribution in [0.25, 0.3) is 0 Å². The Morgan fingerprint density at radius 3 is 2.12 bits per heavy atom. The number of carbonyl (C=O) groups excluding carboxylic acids is 2. The highest BCUT2D eigenvalue weighted by atomic mass is 16.5. The minimum Gasteiger partial charge on any atom is -0.465 e. The van der Waals surface area contributed by atoms with Crippen LogP contribution in [0.4, 0.5) is 0 Å². The Bertz CT molecular complexity index is 835. The molecule has 0 aromatic rings. The first-order valence-corrected chi connectivity index (χ1v) is 13.2. The lowest BCUT2D eigenvalue weighted by Crippen LogP contribution is -2.53. The molecule has 7 atom stereocenters. The smallest absolute Gasteiger partial charge is 0.311 e. The summed E-state index contributed by atoms with van der Waals surface area (Å²) in [6.07, 6.45) is 11.9. The van der Waals surface area contributed by atoms with E-state index in [9.17, 15) is 9.59 Å². The Kier molecular flexibility index (Phi) is 5.90. The van der Waals surface area contributed by atoms with Gasteiger partial charge >= 0.3 is 11.9 Å². The van der Waals surface area contributed by atoms with Crippen LogP contribution in [-0.4, -0.2) is 24.6 Å². The number of ether oxygens (including phenoxy) is 2. The molecule has 3 fully saturated rings. The predicted octanol–water partition coefficient (Wildman–Crippen LogP) is 6.72. The topological polar surface area (TPSA) is 52.6 Å². The summed E-state index contributed by atoms with van der Waals surface area (Å²) < 4.78 is 12.0. The molecule has 5 aliphatic carbocycles. The molecular formula is C29H46O4. The molecule has 0 aromatic carbocycles. The van der Waals surface area contributed by atoms with E-state index in [1.54, 1.807) is 0 Å². The summed E-state index contributed by atoms with van der Waals surface area (Å²) in [6.45, 7) is 17.7. The van der Waals surface area contributed by atoms with E-state index in [4.69, 9.17) is 9.47 Å². The van der Waals surface area contributed by atoms with Crippen molar-refractivity contribution in [3.8, 4) is 0 Å². The molecule has 4 nitrogen and oxygen atoms in total. The van der Waals surface area contributed by atoms with Gasteiger partial charge in [-0.3, -0.25) is 9.59 Å². The number of carbonyl (C=O) groups is 2. The van der Waals surface area contributed by atoms with E-state index in [2.05, 4.69) is 46.8 Å². The molecule has 4 heteroatoms. The molecule has 0 N–H and O–H groups in total. The molecule has 5 rings (SSSR count). The number of hydrogen-bond donors (Lipinski definition) is 0. The van der Waals surface area contributed by atoms with Crippen molar-refractivity contribution < 1.29 is 19.1 Å². The van der Waals surface area contributed by atoms with Gasteiger partial charge in [-0.25, -0.2) is 0 Å². The molecule has 186 valence electrons. The van der Waals surface area contributed by atoms with Gasteiger partial charge in [0, 0.05) is 5.41 Å². The van der Waals surface area contributed by atoms with Crippen LogP contribution >= 0.6 is 0 Å². The summed E-state index contributed by atoms with van der Waals surface area (Å²) in [5.74, 6) is 0.615. The van der Waals surface area contributed by atoms with Gasteiger partial charge in [0.05, 0.1) is 17.9 Å². The summed E-state index contributed by atoms with van der Waals surface area (Å²) in [7, 11) is 0. The summed E-state index contributed by atoms with van der Waals surface area (Å²) in [4.78, 5) is 26.0. The van der Waals surface area contributed by atoms with Gasteiger partial charge in [0.1, 0.15) is 6.10 Å². The highest BCUT2D eigenvalue weighted by Gasteiger charge is 2.64. The Labute approximate surface area is 201 Å². The Hall–Kier alpha value is -1.32. The van der Waals surface area contributed by atoms with E-state index in [1.165, 1.54) is 6.42 Å². The lowest BCUT2D eigenvalue weighted by atomic mass is 9.48. The minimum absolute atomic E-state index is 0.00728. The first kappa shape index (κ1) is 24.8. The first-order valence-electron chi connectivity index (χ1n) is 13.2. The fourth-order valence-electron chi connectivity index (χ4n) is 7.63. The molecule has 5 aliphatic rings. The van der Waals surface area contributed by atoms with E-state index < -0.39 is 5.41 Å². The maximum Gasteiger partial charge on any atom is 0.311 e. The SMILES string of the molecule is CC(C)(C)C(=O)OCCC[C@@H]1[C@@H](C(=O)O[C@@H]2C[C@@H]3CC[C@@]2(C)C3(C)C)[C@@]2(C)C=C[C@]1(C)CC2. The maximum absolute atomic E-state index is 13.9.